The van der Waals surface area contributed by atoms with Gasteiger partial charge in [0, 0.05) is 19.7 Å². The Morgan fingerprint density at radius 3 is 1.91 bits per heavy atom. The van der Waals surface area contributed by atoms with E-state index >= 15 is 0 Å². The third-order valence-corrected chi connectivity index (χ3v) is 6.37. The van der Waals surface area contributed by atoms with Crippen molar-refractivity contribution in [2.24, 2.45) is 5.14 Å². The zero-order chi connectivity index (χ0) is 17.5. The molecule has 0 aliphatic heterocycles. The number of hydrogen-bond donors (Lipinski definition) is 2. The molecular formula is C10H12Cl3N3O4S2. The van der Waals surface area contributed by atoms with E-state index < -0.39 is 34.3 Å². The van der Waals surface area contributed by atoms with E-state index in [1.54, 1.807) is 0 Å². The average Bonchev–Trinajstić information content (AvgIpc) is 2.35. The second kappa shape index (κ2) is 6.52. The van der Waals surface area contributed by atoms with Crippen molar-refractivity contribution in [2.45, 2.75) is 9.79 Å². The van der Waals surface area contributed by atoms with E-state index in [9.17, 15) is 16.8 Å². The van der Waals surface area contributed by atoms with Gasteiger partial charge in [0.25, 0.3) is 0 Å². The van der Waals surface area contributed by atoms with E-state index in [0.717, 1.165) is 16.4 Å². The Bertz CT molecular complexity index is 844. The fraction of sp³-hybridized carbons (Fsp3) is 0.200. The van der Waals surface area contributed by atoms with Crippen molar-refractivity contribution < 1.29 is 16.8 Å². The maximum atomic E-state index is 12.4. The Labute approximate surface area is 143 Å². The molecule has 7 nitrogen and oxygen atoms in total. The highest BCUT2D eigenvalue weighted by Crippen LogP contribution is 2.36. The van der Waals surface area contributed by atoms with Crippen molar-refractivity contribution in [3.63, 3.8) is 0 Å². The van der Waals surface area contributed by atoms with Gasteiger partial charge in [-0.15, -0.1) is 0 Å². The van der Waals surface area contributed by atoms with Crippen LogP contribution >= 0.6 is 34.8 Å². The lowest BCUT2D eigenvalue weighted by Crippen LogP contribution is -2.24. The maximum absolute atomic E-state index is 12.4. The first-order chi connectivity index (χ1) is 9.80. The fourth-order valence-electron chi connectivity index (χ4n) is 1.51. The van der Waals surface area contributed by atoms with E-state index in [2.05, 4.69) is 0 Å². The molecule has 0 atom stereocenters. The van der Waals surface area contributed by atoms with Gasteiger partial charge in [0.15, 0.2) is 0 Å². The molecule has 0 aliphatic rings. The van der Waals surface area contributed by atoms with Crippen molar-refractivity contribution in [3.8, 4) is 0 Å². The quantitative estimate of drug-likeness (QED) is 0.731. The topological polar surface area (TPSA) is 124 Å². The fourth-order valence-corrected chi connectivity index (χ4v) is 3.77. The van der Waals surface area contributed by atoms with Crippen LogP contribution < -0.4 is 10.9 Å². The highest BCUT2D eigenvalue weighted by Gasteiger charge is 2.27. The summed E-state index contributed by atoms with van der Waals surface area (Å²) in [4.78, 5) is -0.994. The third kappa shape index (κ3) is 3.85. The second-order valence-electron chi connectivity index (χ2n) is 4.29. The molecule has 0 bridgehead atoms. The monoisotopic (exact) mass is 407 g/mol. The van der Waals surface area contributed by atoms with Crippen LogP contribution in [0.1, 0.15) is 5.56 Å². The lowest BCUT2D eigenvalue weighted by atomic mass is 10.2. The highest BCUT2D eigenvalue weighted by atomic mass is 35.5. The van der Waals surface area contributed by atoms with Crippen molar-refractivity contribution >= 4 is 65.6 Å². The van der Waals surface area contributed by atoms with E-state index in [-0.39, 0.29) is 16.3 Å². The summed E-state index contributed by atoms with van der Waals surface area (Å²) in [5.41, 5.74) is 5.17. The normalized spacial score (nSPS) is 12.5. The number of hydrogen-bond acceptors (Lipinski definition) is 5. The number of halogens is 3. The minimum atomic E-state index is -4.24. The number of nitrogens with two attached hydrogens (primary N) is 2. The summed E-state index contributed by atoms with van der Waals surface area (Å²) >= 11 is 17.0. The van der Waals surface area contributed by atoms with Gasteiger partial charge >= 0.3 is 0 Å². The SMILES string of the molecule is CN(C)S(=O)(=O)c1cc(S(N)(=O)=O)c(N)cc1C(Cl)=C(Cl)Cl. The summed E-state index contributed by atoms with van der Waals surface area (Å²) in [5, 5.41) is 4.72. The molecule has 0 fully saturated rings. The molecule has 0 heterocycles. The third-order valence-electron chi connectivity index (χ3n) is 2.58. The Balaban J connectivity index is 3.97. The molecule has 0 aromatic heterocycles. The van der Waals surface area contributed by atoms with Crippen LogP contribution in [0, 0.1) is 0 Å². The van der Waals surface area contributed by atoms with Gasteiger partial charge in [-0.05, 0) is 12.1 Å². The first-order valence-electron chi connectivity index (χ1n) is 5.40. The lowest BCUT2D eigenvalue weighted by Gasteiger charge is -2.17. The number of anilines is 1. The Hall–Kier alpha value is -0.550. The Morgan fingerprint density at radius 2 is 1.55 bits per heavy atom. The Morgan fingerprint density at radius 1 is 1.05 bits per heavy atom. The number of nitrogen functional groups attached to an aromatic ring is 1. The van der Waals surface area contributed by atoms with Crippen LogP contribution in [0.4, 0.5) is 5.69 Å². The van der Waals surface area contributed by atoms with Gasteiger partial charge in [0.2, 0.25) is 20.0 Å². The first kappa shape index (κ1) is 19.5. The molecule has 1 rings (SSSR count). The number of rotatable bonds is 4. The average molecular weight is 409 g/mol. The first-order valence-corrected chi connectivity index (χ1v) is 9.52. The molecule has 1 aromatic carbocycles. The summed E-state index contributed by atoms with van der Waals surface area (Å²) in [6, 6.07) is 1.84. The zero-order valence-electron chi connectivity index (χ0n) is 11.3. The van der Waals surface area contributed by atoms with Gasteiger partial charge in [-0.1, -0.05) is 34.8 Å². The standard InChI is InChI=1S/C10H12Cl3N3O4S2/c1-16(2)22(19,20)7-4-8(21(15,17)18)6(14)3-5(7)9(11)10(12)13/h3-4H,14H2,1-2H3,(H2,15,17,18). The number of nitrogens with zero attached hydrogens (tertiary/aromatic N) is 1. The predicted octanol–water partition coefficient (Wildman–Crippen LogP) is 1.51. The molecule has 1 aromatic rings. The van der Waals surface area contributed by atoms with Crippen LogP contribution in [0.2, 0.25) is 0 Å². The molecule has 0 amide bonds. The smallest absolute Gasteiger partial charge is 0.243 e. The van der Waals surface area contributed by atoms with E-state index in [4.69, 9.17) is 45.7 Å². The molecule has 0 unspecified atom stereocenters. The summed E-state index contributed by atoms with van der Waals surface area (Å²) in [5.74, 6) is 0. The molecule has 0 spiro atoms. The second-order valence-corrected chi connectivity index (χ2v) is 9.27. The molecule has 4 N–H and O–H groups in total. The molecule has 12 heteroatoms. The predicted molar refractivity (Wildman–Crippen MR) is 87.6 cm³/mol. The van der Waals surface area contributed by atoms with Gasteiger partial charge in [-0.3, -0.25) is 0 Å². The summed E-state index contributed by atoms with van der Waals surface area (Å²) in [6.45, 7) is 0. The molecular weight excluding hydrogens is 397 g/mol. The van der Waals surface area contributed by atoms with Gasteiger partial charge < -0.3 is 5.73 Å². The van der Waals surface area contributed by atoms with Gasteiger partial charge in [-0.25, -0.2) is 26.3 Å². The molecule has 0 saturated carbocycles. The Kier molecular flexibility index (Phi) is 5.78. The van der Waals surface area contributed by atoms with Crippen LogP contribution in [-0.4, -0.2) is 35.2 Å². The molecule has 0 aliphatic carbocycles. The summed E-state index contributed by atoms with van der Waals surface area (Å²) in [7, 11) is -5.79. The van der Waals surface area contributed by atoms with Crippen LogP contribution in [0.15, 0.2) is 26.4 Å². The summed E-state index contributed by atoms with van der Waals surface area (Å²) < 4.78 is 48.2. The van der Waals surface area contributed by atoms with Gasteiger partial charge in [0.1, 0.15) is 9.39 Å². The molecule has 0 radical (unpaired) electrons. The zero-order valence-corrected chi connectivity index (χ0v) is 15.2. The van der Waals surface area contributed by atoms with Crippen molar-refractivity contribution in [3.05, 3.63) is 22.2 Å². The van der Waals surface area contributed by atoms with E-state index in [1.807, 2.05) is 0 Å². The molecule has 22 heavy (non-hydrogen) atoms. The summed E-state index contributed by atoms with van der Waals surface area (Å²) in [6.07, 6.45) is 0. The highest BCUT2D eigenvalue weighted by molar-refractivity contribution is 7.90. The van der Waals surface area contributed by atoms with E-state index in [0.29, 0.717) is 0 Å². The maximum Gasteiger partial charge on any atom is 0.243 e. The van der Waals surface area contributed by atoms with Gasteiger partial charge in [0.05, 0.1) is 15.6 Å². The number of primary sulfonamides is 1. The molecule has 0 saturated heterocycles. The van der Waals surface area contributed by atoms with Crippen LogP contribution in [-0.2, 0) is 20.0 Å². The van der Waals surface area contributed by atoms with Crippen molar-refractivity contribution in [2.75, 3.05) is 19.8 Å². The van der Waals surface area contributed by atoms with Crippen molar-refractivity contribution in [1.29, 1.82) is 0 Å². The number of benzene rings is 1. The minimum absolute atomic E-state index is 0.139. The van der Waals surface area contributed by atoms with Crippen LogP contribution in [0.5, 0.6) is 0 Å². The number of sulfonamides is 2. The van der Waals surface area contributed by atoms with Crippen LogP contribution in [0.3, 0.4) is 0 Å². The lowest BCUT2D eigenvalue weighted by molar-refractivity contribution is 0.520. The van der Waals surface area contributed by atoms with Gasteiger partial charge in [-0.2, -0.15) is 0 Å². The molecule has 124 valence electrons. The van der Waals surface area contributed by atoms with Crippen molar-refractivity contribution in [1.82, 2.24) is 4.31 Å². The van der Waals surface area contributed by atoms with E-state index in [1.165, 1.54) is 14.1 Å². The largest absolute Gasteiger partial charge is 0.398 e. The van der Waals surface area contributed by atoms with Crippen LogP contribution in [0.25, 0.3) is 5.03 Å². The minimum Gasteiger partial charge on any atom is -0.398 e.